The highest BCUT2D eigenvalue weighted by Gasteiger charge is 2.33. The summed E-state index contributed by atoms with van der Waals surface area (Å²) in [5.41, 5.74) is 3.13. The fourth-order valence-corrected chi connectivity index (χ4v) is 3.57. The van der Waals surface area contributed by atoms with Crippen molar-refractivity contribution in [1.29, 1.82) is 0 Å². The lowest BCUT2D eigenvalue weighted by Gasteiger charge is -2.20. The quantitative estimate of drug-likeness (QED) is 0.274. The van der Waals surface area contributed by atoms with Gasteiger partial charge in [-0.25, -0.2) is 4.58 Å². The summed E-state index contributed by atoms with van der Waals surface area (Å²) in [4.78, 5) is 11.3. The number of ether oxygens (including phenoxy) is 2. The molecule has 2 aromatic carbocycles. The van der Waals surface area contributed by atoms with Crippen molar-refractivity contribution in [1.82, 2.24) is 0 Å². The van der Waals surface area contributed by atoms with Crippen LogP contribution in [0.25, 0.3) is 0 Å². The van der Waals surface area contributed by atoms with Crippen LogP contribution in [0.3, 0.4) is 0 Å². The maximum absolute atomic E-state index is 11.6. The third kappa shape index (κ3) is 4.05. The molecule has 148 valence electrons. The lowest BCUT2D eigenvalue weighted by molar-refractivity contribution is -0.518. The van der Waals surface area contributed by atoms with Crippen molar-refractivity contribution in [3.8, 4) is 11.5 Å². The minimum atomic E-state index is -0.389. The van der Waals surface area contributed by atoms with Crippen molar-refractivity contribution in [3.63, 3.8) is 0 Å². The highest BCUT2D eigenvalue weighted by Crippen LogP contribution is 2.35. The molecule has 28 heavy (non-hydrogen) atoms. The smallest absolute Gasteiger partial charge is 0.283 e. The molecule has 0 N–H and O–H groups in total. The zero-order chi connectivity index (χ0) is 19.6. The average molecular weight is 468 g/mol. The fourth-order valence-electron chi connectivity index (χ4n) is 3.40. The molecule has 0 saturated carbocycles. The number of nitro benzene ring substituents is 1. The molecular formula is C20H20BrClN2O4. The van der Waals surface area contributed by atoms with Gasteiger partial charge in [0.25, 0.3) is 5.69 Å². The molecule has 0 atom stereocenters. The second kappa shape index (κ2) is 9.21. The minimum Gasteiger partial charge on any atom is -1.00 e. The van der Waals surface area contributed by atoms with E-state index in [0.717, 1.165) is 23.3 Å². The summed E-state index contributed by atoms with van der Waals surface area (Å²) in [5.74, 6) is 1.20. The van der Waals surface area contributed by atoms with E-state index in [4.69, 9.17) is 21.1 Å². The largest absolute Gasteiger partial charge is 1.00 e. The van der Waals surface area contributed by atoms with Gasteiger partial charge in [0, 0.05) is 17.5 Å². The molecule has 0 saturated heterocycles. The third-order valence-corrected chi connectivity index (χ3v) is 4.83. The first-order chi connectivity index (χ1) is 13.0. The molecule has 1 heterocycles. The Morgan fingerprint density at radius 2 is 1.89 bits per heavy atom. The van der Waals surface area contributed by atoms with Gasteiger partial charge in [0.15, 0.2) is 18.0 Å². The number of nitrogens with zero attached hydrogens (tertiary/aromatic N) is 2. The van der Waals surface area contributed by atoms with E-state index in [1.807, 2.05) is 12.1 Å². The Morgan fingerprint density at radius 3 is 2.50 bits per heavy atom. The summed E-state index contributed by atoms with van der Waals surface area (Å²) in [6, 6.07) is 8.39. The highest BCUT2D eigenvalue weighted by atomic mass is 79.9. The summed E-state index contributed by atoms with van der Waals surface area (Å²) < 4.78 is 12.9. The van der Waals surface area contributed by atoms with Crippen LogP contribution in [-0.2, 0) is 6.42 Å². The predicted octanol–water partition coefficient (Wildman–Crippen LogP) is 0.861. The Bertz CT molecular complexity index is 959. The van der Waals surface area contributed by atoms with Gasteiger partial charge in [0.05, 0.1) is 24.7 Å². The number of methoxy groups -OCH3 is 2. The number of nitro groups is 1. The molecule has 0 spiro atoms. The van der Waals surface area contributed by atoms with Gasteiger partial charge >= 0.3 is 0 Å². The zero-order valence-corrected chi connectivity index (χ0v) is 17.9. The van der Waals surface area contributed by atoms with E-state index in [2.05, 4.69) is 11.2 Å². The standard InChI is InChI=1S/C20H20ClN2O4.BrH/c1-4-8-22-9-7-13-10-18(26-2)19(27-3)12-15(13)20(22)16-11-14(21)5-6-17(16)23(24)25;/h4-6,10-12H,1,7-9H2,2-3H3;1H/q+1;/p-1. The molecule has 0 aromatic heterocycles. The topological polar surface area (TPSA) is 64.6 Å². The third-order valence-electron chi connectivity index (χ3n) is 4.59. The van der Waals surface area contributed by atoms with Crippen LogP contribution in [0.5, 0.6) is 11.5 Å². The number of hydrogen-bond acceptors (Lipinski definition) is 4. The molecule has 1 aliphatic rings. The molecular weight excluding hydrogens is 448 g/mol. The maximum atomic E-state index is 11.6. The summed E-state index contributed by atoms with van der Waals surface area (Å²) in [7, 11) is 3.15. The number of hydrogen-bond donors (Lipinski definition) is 0. The van der Waals surface area contributed by atoms with E-state index in [1.165, 1.54) is 12.1 Å². The summed E-state index contributed by atoms with van der Waals surface area (Å²) in [5, 5.41) is 12.1. The molecule has 0 fully saturated rings. The van der Waals surface area contributed by atoms with Crippen LogP contribution in [0.4, 0.5) is 5.69 Å². The van der Waals surface area contributed by atoms with Crippen LogP contribution < -0.4 is 26.5 Å². The van der Waals surface area contributed by atoms with Gasteiger partial charge in [-0.05, 0) is 35.9 Å². The average Bonchev–Trinajstić information content (AvgIpc) is 2.66. The molecule has 0 radical (unpaired) electrons. The van der Waals surface area contributed by atoms with Crippen LogP contribution in [0, 0.1) is 10.1 Å². The van der Waals surface area contributed by atoms with E-state index < -0.39 is 0 Å². The van der Waals surface area contributed by atoms with Gasteiger partial charge < -0.3 is 26.5 Å². The molecule has 3 rings (SSSR count). The Kier molecular flexibility index (Phi) is 7.21. The minimum absolute atomic E-state index is 0. The second-order valence-corrected chi connectivity index (χ2v) is 6.55. The monoisotopic (exact) mass is 466 g/mol. The van der Waals surface area contributed by atoms with E-state index >= 15 is 0 Å². The Hall–Kier alpha value is -2.38. The van der Waals surface area contributed by atoms with Gasteiger partial charge in [-0.1, -0.05) is 18.2 Å². The number of fused-ring (bicyclic) bond motifs is 1. The Labute approximate surface area is 179 Å². The Balaban J connectivity index is 0.00000280. The van der Waals surface area contributed by atoms with Crippen molar-refractivity contribution in [2.24, 2.45) is 0 Å². The molecule has 2 aromatic rings. The van der Waals surface area contributed by atoms with Gasteiger partial charge in [-0.2, -0.15) is 0 Å². The van der Waals surface area contributed by atoms with Gasteiger partial charge in [-0.15, -0.1) is 0 Å². The van der Waals surface area contributed by atoms with Crippen LogP contribution in [0.15, 0.2) is 43.0 Å². The highest BCUT2D eigenvalue weighted by molar-refractivity contribution is 6.31. The van der Waals surface area contributed by atoms with Crippen LogP contribution in [-0.4, -0.2) is 42.5 Å². The number of rotatable bonds is 6. The van der Waals surface area contributed by atoms with E-state index in [1.54, 1.807) is 26.4 Å². The normalized spacial score (nSPS) is 12.7. The molecule has 0 unspecified atom stereocenters. The van der Waals surface area contributed by atoms with Crippen molar-refractivity contribution in [2.45, 2.75) is 6.42 Å². The predicted molar refractivity (Wildman–Crippen MR) is 105 cm³/mol. The van der Waals surface area contributed by atoms with Crippen molar-refractivity contribution in [3.05, 3.63) is 74.8 Å². The molecule has 1 aliphatic heterocycles. The van der Waals surface area contributed by atoms with E-state index in [9.17, 15) is 10.1 Å². The lowest BCUT2D eigenvalue weighted by Crippen LogP contribution is -3.00. The van der Waals surface area contributed by atoms with Gasteiger partial charge in [0.2, 0.25) is 5.71 Å². The zero-order valence-electron chi connectivity index (χ0n) is 15.6. The van der Waals surface area contributed by atoms with Gasteiger partial charge in [0.1, 0.15) is 12.1 Å². The van der Waals surface area contributed by atoms with Crippen LogP contribution in [0.1, 0.15) is 16.7 Å². The lowest BCUT2D eigenvalue weighted by atomic mass is 9.91. The molecule has 8 heteroatoms. The van der Waals surface area contributed by atoms with Crippen LogP contribution >= 0.6 is 11.6 Å². The molecule has 0 bridgehead atoms. The van der Waals surface area contributed by atoms with E-state index in [-0.39, 0.29) is 27.6 Å². The number of benzene rings is 2. The first-order valence-electron chi connectivity index (χ1n) is 8.42. The first-order valence-corrected chi connectivity index (χ1v) is 8.80. The van der Waals surface area contributed by atoms with Crippen LogP contribution in [0.2, 0.25) is 5.02 Å². The maximum Gasteiger partial charge on any atom is 0.283 e. The van der Waals surface area contributed by atoms with E-state index in [0.29, 0.717) is 35.2 Å². The summed E-state index contributed by atoms with van der Waals surface area (Å²) in [6.45, 7) is 5.08. The van der Waals surface area contributed by atoms with Crippen molar-refractivity contribution < 1.29 is 36.0 Å². The molecule has 0 aliphatic carbocycles. The second-order valence-electron chi connectivity index (χ2n) is 6.12. The Morgan fingerprint density at radius 1 is 1.21 bits per heavy atom. The number of halogens is 2. The molecule has 6 nitrogen and oxygen atoms in total. The first kappa shape index (κ1) is 21.9. The fraction of sp³-hybridized carbons (Fsp3) is 0.250. The summed E-state index contributed by atoms with van der Waals surface area (Å²) in [6.07, 6.45) is 2.56. The van der Waals surface area contributed by atoms with Crippen molar-refractivity contribution >= 4 is 23.0 Å². The van der Waals surface area contributed by atoms with Gasteiger partial charge in [-0.3, -0.25) is 10.1 Å². The van der Waals surface area contributed by atoms with Crippen molar-refractivity contribution in [2.75, 3.05) is 27.3 Å². The molecule has 0 amide bonds. The SMILES string of the molecule is C=CC[N+]1=C(c2cc(Cl)ccc2[N+](=O)[O-])c2cc(OC)c(OC)cc2CC1.[Br-]. The summed E-state index contributed by atoms with van der Waals surface area (Å²) >= 11 is 6.18.